The van der Waals surface area contributed by atoms with Gasteiger partial charge >= 0.3 is 0 Å². The van der Waals surface area contributed by atoms with Gasteiger partial charge in [-0.05, 0) is 32.0 Å². The SMILES string of the molecule is CCN(C(=O)c1cc(N)cnc1C)c1ccncc1. The van der Waals surface area contributed by atoms with E-state index in [0.29, 0.717) is 23.5 Å². The van der Waals surface area contributed by atoms with Gasteiger partial charge < -0.3 is 10.6 Å². The Balaban J connectivity index is 2.39. The standard InChI is InChI=1S/C14H16N4O/c1-3-18(12-4-6-16-7-5-12)14(19)13-8-11(15)9-17-10(13)2/h4-9H,3,15H2,1-2H3. The van der Waals surface area contributed by atoms with Gasteiger partial charge in [0, 0.05) is 24.6 Å². The lowest BCUT2D eigenvalue weighted by Gasteiger charge is -2.21. The number of carbonyl (C=O) groups is 1. The van der Waals surface area contributed by atoms with Gasteiger partial charge in [0.25, 0.3) is 5.91 Å². The first-order valence-electron chi connectivity index (χ1n) is 6.07. The first-order valence-corrected chi connectivity index (χ1v) is 6.07. The topological polar surface area (TPSA) is 72.1 Å². The molecule has 0 radical (unpaired) electrons. The number of hydrogen-bond acceptors (Lipinski definition) is 4. The van der Waals surface area contributed by atoms with Crippen molar-refractivity contribution in [3.63, 3.8) is 0 Å². The smallest absolute Gasteiger partial charge is 0.260 e. The van der Waals surface area contributed by atoms with Crippen molar-refractivity contribution in [3.8, 4) is 0 Å². The predicted octanol–water partition coefficient (Wildman–Crippen LogP) is 2.03. The van der Waals surface area contributed by atoms with Gasteiger partial charge in [0.2, 0.25) is 0 Å². The van der Waals surface area contributed by atoms with E-state index in [1.807, 2.05) is 6.92 Å². The maximum absolute atomic E-state index is 12.6. The molecule has 5 nitrogen and oxygen atoms in total. The summed E-state index contributed by atoms with van der Waals surface area (Å²) in [6.07, 6.45) is 4.88. The minimum absolute atomic E-state index is 0.106. The second-order valence-electron chi connectivity index (χ2n) is 4.16. The minimum Gasteiger partial charge on any atom is -0.397 e. The molecule has 2 rings (SSSR count). The van der Waals surface area contributed by atoms with E-state index in [2.05, 4.69) is 9.97 Å². The Morgan fingerprint density at radius 3 is 2.68 bits per heavy atom. The zero-order chi connectivity index (χ0) is 13.8. The zero-order valence-corrected chi connectivity index (χ0v) is 11.0. The van der Waals surface area contributed by atoms with E-state index in [1.54, 1.807) is 48.6 Å². The third-order valence-electron chi connectivity index (χ3n) is 2.87. The average Bonchev–Trinajstić information content (AvgIpc) is 2.43. The molecule has 0 bridgehead atoms. The first kappa shape index (κ1) is 13.0. The number of amides is 1. The summed E-state index contributed by atoms with van der Waals surface area (Å²) in [4.78, 5) is 22.3. The third kappa shape index (κ3) is 2.70. The fourth-order valence-electron chi connectivity index (χ4n) is 1.88. The molecule has 0 spiro atoms. The van der Waals surface area contributed by atoms with Gasteiger partial charge in [-0.15, -0.1) is 0 Å². The Hall–Kier alpha value is -2.43. The molecule has 2 heterocycles. The van der Waals surface area contributed by atoms with E-state index >= 15 is 0 Å². The molecule has 0 aromatic carbocycles. The number of nitrogen functional groups attached to an aromatic ring is 1. The van der Waals surface area contributed by atoms with Gasteiger partial charge in [0.05, 0.1) is 23.1 Å². The summed E-state index contributed by atoms with van der Waals surface area (Å²) in [6, 6.07) is 5.27. The summed E-state index contributed by atoms with van der Waals surface area (Å²) in [5.74, 6) is -0.106. The van der Waals surface area contributed by atoms with E-state index < -0.39 is 0 Å². The average molecular weight is 256 g/mol. The highest BCUT2D eigenvalue weighted by Crippen LogP contribution is 2.18. The number of aromatic nitrogens is 2. The summed E-state index contributed by atoms with van der Waals surface area (Å²) < 4.78 is 0. The van der Waals surface area contributed by atoms with Gasteiger partial charge in [-0.1, -0.05) is 0 Å². The van der Waals surface area contributed by atoms with Crippen LogP contribution in [0.1, 0.15) is 23.0 Å². The number of nitrogens with zero attached hydrogens (tertiary/aromatic N) is 3. The number of carbonyl (C=O) groups excluding carboxylic acids is 1. The van der Waals surface area contributed by atoms with Crippen molar-refractivity contribution in [2.75, 3.05) is 17.2 Å². The molecule has 2 N–H and O–H groups in total. The molecule has 0 unspecified atom stereocenters. The van der Waals surface area contributed by atoms with Crippen molar-refractivity contribution in [1.82, 2.24) is 9.97 Å². The fraction of sp³-hybridized carbons (Fsp3) is 0.214. The number of rotatable bonds is 3. The van der Waals surface area contributed by atoms with Crippen LogP contribution in [0.5, 0.6) is 0 Å². The maximum Gasteiger partial charge on any atom is 0.260 e. The number of nitrogens with two attached hydrogens (primary N) is 1. The van der Waals surface area contributed by atoms with Crippen molar-refractivity contribution >= 4 is 17.3 Å². The molecule has 0 saturated carbocycles. The molecule has 0 fully saturated rings. The third-order valence-corrected chi connectivity index (χ3v) is 2.87. The number of hydrogen-bond donors (Lipinski definition) is 1. The number of aryl methyl sites for hydroxylation is 1. The molecule has 19 heavy (non-hydrogen) atoms. The van der Waals surface area contributed by atoms with E-state index in [1.165, 1.54) is 0 Å². The molecular formula is C14H16N4O. The lowest BCUT2D eigenvalue weighted by molar-refractivity contribution is 0.0987. The van der Waals surface area contributed by atoms with Crippen LogP contribution in [-0.2, 0) is 0 Å². The van der Waals surface area contributed by atoms with Crippen LogP contribution in [0.2, 0.25) is 0 Å². The van der Waals surface area contributed by atoms with Crippen molar-refractivity contribution in [2.45, 2.75) is 13.8 Å². The molecule has 0 aliphatic rings. The van der Waals surface area contributed by atoms with Crippen molar-refractivity contribution in [3.05, 3.63) is 48.0 Å². The van der Waals surface area contributed by atoms with Crippen LogP contribution in [0.25, 0.3) is 0 Å². The molecule has 5 heteroatoms. The molecular weight excluding hydrogens is 240 g/mol. The Labute approximate surface area is 112 Å². The Morgan fingerprint density at radius 1 is 1.37 bits per heavy atom. The van der Waals surface area contributed by atoms with Gasteiger partial charge in [-0.2, -0.15) is 0 Å². The van der Waals surface area contributed by atoms with Gasteiger partial charge in [0.1, 0.15) is 0 Å². The summed E-state index contributed by atoms with van der Waals surface area (Å²) in [7, 11) is 0. The highest BCUT2D eigenvalue weighted by Gasteiger charge is 2.18. The van der Waals surface area contributed by atoms with E-state index in [4.69, 9.17) is 5.73 Å². The summed E-state index contributed by atoms with van der Waals surface area (Å²) in [6.45, 7) is 4.29. The first-order chi connectivity index (χ1) is 9.13. The van der Waals surface area contributed by atoms with Crippen LogP contribution in [0.15, 0.2) is 36.8 Å². The quantitative estimate of drug-likeness (QED) is 0.912. The monoisotopic (exact) mass is 256 g/mol. The summed E-state index contributed by atoms with van der Waals surface area (Å²) >= 11 is 0. The zero-order valence-electron chi connectivity index (χ0n) is 11.0. The van der Waals surface area contributed by atoms with E-state index in [-0.39, 0.29) is 5.91 Å². The van der Waals surface area contributed by atoms with Gasteiger partial charge in [0.15, 0.2) is 0 Å². The second kappa shape index (κ2) is 5.48. The molecule has 0 atom stereocenters. The minimum atomic E-state index is -0.106. The predicted molar refractivity (Wildman–Crippen MR) is 75.0 cm³/mol. The normalized spacial score (nSPS) is 10.2. The lowest BCUT2D eigenvalue weighted by Crippen LogP contribution is -2.31. The summed E-state index contributed by atoms with van der Waals surface area (Å²) in [5.41, 5.74) is 8.20. The molecule has 0 aliphatic carbocycles. The fourth-order valence-corrected chi connectivity index (χ4v) is 1.88. The van der Waals surface area contributed by atoms with E-state index in [0.717, 1.165) is 5.69 Å². The van der Waals surface area contributed by atoms with E-state index in [9.17, 15) is 4.79 Å². The number of anilines is 2. The lowest BCUT2D eigenvalue weighted by atomic mass is 10.1. The van der Waals surface area contributed by atoms with Crippen molar-refractivity contribution in [2.24, 2.45) is 0 Å². The molecule has 98 valence electrons. The number of pyridine rings is 2. The van der Waals surface area contributed by atoms with Crippen molar-refractivity contribution < 1.29 is 4.79 Å². The Morgan fingerprint density at radius 2 is 2.05 bits per heavy atom. The highest BCUT2D eigenvalue weighted by molar-refractivity contribution is 6.07. The van der Waals surface area contributed by atoms with Gasteiger partial charge in [-0.25, -0.2) is 0 Å². The highest BCUT2D eigenvalue weighted by atomic mass is 16.2. The molecule has 0 aliphatic heterocycles. The molecule has 2 aromatic heterocycles. The second-order valence-corrected chi connectivity index (χ2v) is 4.16. The molecule has 0 saturated heterocycles. The largest absolute Gasteiger partial charge is 0.397 e. The van der Waals surface area contributed by atoms with Crippen LogP contribution in [0, 0.1) is 6.92 Å². The van der Waals surface area contributed by atoms with Gasteiger partial charge in [-0.3, -0.25) is 14.8 Å². The van der Waals surface area contributed by atoms with Crippen molar-refractivity contribution in [1.29, 1.82) is 0 Å². The summed E-state index contributed by atoms with van der Waals surface area (Å²) in [5, 5.41) is 0. The van der Waals surface area contributed by atoms with Crippen LogP contribution < -0.4 is 10.6 Å². The maximum atomic E-state index is 12.6. The molecule has 1 amide bonds. The van der Waals surface area contributed by atoms with Crippen LogP contribution in [0.3, 0.4) is 0 Å². The van der Waals surface area contributed by atoms with Crippen LogP contribution in [-0.4, -0.2) is 22.4 Å². The molecule has 2 aromatic rings. The van der Waals surface area contributed by atoms with Crippen LogP contribution in [0.4, 0.5) is 11.4 Å². The van der Waals surface area contributed by atoms with Crippen LogP contribution >= 0.6 is 0 Å². The Kier molecular flexibility index (Phi) is 3.75. The Bertz CT molecular complexity index is 583.